The Morgan fingerprint density at radius 3 is 2.80 bits per heavy atom. The lowest BCUT2D eigenvalue weighted by Gasteiger charge is -2.10. The van der Waals surface area contributed by atoms with Crippen LogP contribution in [0, 0.1) is 0 Å². The highest BCUT2D eigenvalue weighted by molar-refractivity contribution is 9.10. The van der Waals surface area contributed by atoms with Gasteiger partial charge in [0.15, 0.2) is 11.4 Å². The van der Waals surface area contributed by atoms with Gasteiger partial charge in [-0.05, 0) is 40.0 Å². The number of carbonyl (C=O) groups excluding carboxylic acids is 1. The Bertz CT molecular complexity index is 957. The van der Waals surface area contributed by atoms with E-state index in [2.05, 4.69) is 49.7 Å². The molecule has 128 valence electrons. The number of methoxy groups -OCH3 is 1. The van der Waals surface area contributed by atoms with Gasteiger partial charge in [-0.15, -0.1) is 0 Å². The van der Waals surface area contributed by atoms with Gasteiger partial charge in [-0.2, -0.15) is 0 Å². The number of aryl methyl sites for hydroxylation is 1. The van der Waals surface area contributed by atoms with E-state index < -0.39 is 5.97 Å². The number of carbonyl (C=O) groups is 1. The fraction of sp³-hybridized carbons (Fsp3) is 0.211. The summed E-state index contributed by atoms with van der Waals surface area (Å²) in [7, 11) is 1.24. The second kappa shape index (κ2) is 7.19. The number of esters is 1. The first kappa shape index (κ1) is 17.4. The third kappa shape index (κ3) is 3.35. The van der Waals surface area contributed by atoms with Gasteiger partial charge in [-0.25, -0.2) is 9.78 Å². The molecule has 0 unspecified atom stereocenters. The summed E-state index contributed by atoms with van der Waals surface area (Å²) in [5.41, 5.74) is 2.89. The van der Waals surface area contributed by atoms with Crippen LogP contribution in [0.2, 0.25) is 0 Å². The van der Waals surface area contributed by atoms with Crippen LogP contribution in [0.3, 0.4) is 0 Å². The number of aromatic hydroxyl groups is 1. The lowest BCUT2D eigenvalue weighted by atomic mass is 10.0. The zero-order valence-electron chi connectivity index (χ0n) is 13.9. The molecule has 2 aromatic heterocycles. The van der Waals surface area contributed by atoms with Crippen molar-refractivity contribution in [3.05, 3.63) is 52.4 Å². The molecule has 3 aromatic rings. The Kier molecular flexibility index (Phi) is 4.99. The van der Waals surface area contributed by atoms with Gasteiger partial charge in [0.25, 0.3) is 0 Å². The molecule has 0 aliphatic heterocycles. The molecular weight excluding hydrogens is 384 g/mol. The molecule has 0 radical (unpaired) electrons. The van der Waals surface area contributed by atoms with E-state index in [9.17, 15) is 9.90 Å². The Morgan fingerprint density at radius 1 is 1.28 bits per heavy atom. The van der Waals surface area contributed by atoms with Crippen LogP contribution in [0.15, 0.2) is 41.1 Å². The highest BCUT2D eigenvalue weighted by Gasteiger charge is 2.19. The Labute approximate surface area is 153 Å². The van der Waals surface area contributed by atoms with Crippen LogP contribution in [-0.2, 0) is 11.2 Å². The normalized spacial score (nSPS) is 10.8. The van der Waals surface area contributed by atoms with Crippen LogP contribution in [-0.4, -0.2) is 28.2 Å². The second-order valence-corrected chi connectivity index (χ2v) is 6.41. The molecule has 6 heteroatoms. The van der Waals surface area contributed by atoms with Gasteiger partial charge < -0.3 is 9.84 Å². The van der Waals surface area contributed by atoms with E-state index in [1.54, 1.807) is 6.20 Å². The van der Waals surface area contributed by atoms with Gasteiger partial charge in [0.2, 0.25) is 0 Å². The lowest BCUT2D eigenvalue weighted by Crippen LogP contribution is -2.05. The Morgan fingerprint density at radius 2 is 2.08 bits per heavy atom. The maximum Gasteiger partial charge on any atom is 0.360 e. The minimum atomic E-state index is -0.698. The maximum atomic E-state index is 11.7. The number of fused-ring (bicyclic) bond motifs is 1. The fourth-order valence-corrected chi connectivity index (χ4v) is 3.23. The number of rotatable bonds is 4. The molecule has 0 atom stereocenters. The van der Waals surface area contributed by atoms with Crippen molar-refractivity contribution >= 4 is 32.7 Å². The van der Waals surface area contributed by atoms with Crippen molar-refractivity contribution in [1.29, 1.82) is 0 Å². The lowest BCUT2D eigenvalue weighted by molar-refractivity contribution is 0.0590. The van der Waals surface area contributed by atoms with Crippen molar-refractivity contribution < 1.29 is 14.6 Å². The van der Waals surface area contributed by atoms with E-state index in [4.69, 9.17) is 0 Å². The van der Waals surface area contributed by atoms with E-state index in [0.717, 1.165) is 24.1 Å². The molecule has 3 rings (SSSR count). The molecule has 0 bridgehead atoms. The molecule has 1 N–H and O–H groups in total. The molecule has 5 nitrogen and oxygen atoms in total. The number of aromatic nitrogens is 2. The summed E-state index contributed by atoms with van der Waals surface area (Å²) < 4.78 is 5.10. The third-order valence-corrected chi connectivity index (χ3v) is 4.56. The first-order valence-electron chi connectivity index (χ1n) is 7.91. The first-order valence-corrected chi connectivity index (χ1v) is 8.70. The van der Waals surface area contributed by atoms with E-state index in [1.165, 1.54) is 12.7 Å². The van der Waals surface area contributed by atoms with E-state index in [0.29, 0.717) is 15.4 Å². The molecule has 0 saturated carbocycles. The SMILES string of the molecule is CCCc1cccc(-c2cc3c(Br)nc(C(=O)OC)c(O)c3cn2)c1. The Hall–Kier alpha value is -2.47. The third-order valence-electron chi connectivity index (χ3n) is 3.96. The topological polar surface area (TPSA) is 72.3 Å². The summed E-state index contributed by atoms with van der Waals surface area (Å²) in [4.78, 5) is 20.3. The van der Waals surface area contributed by atoms with Crippen molar-refractivity contribution in [2.45, 2.75) is 19.8 Å². The van der Waals surface area contributed by atoms with Crippen molar-refractivity contribution in [3.8, 4) is 17.0 Å². The standard InChI is InChI=1S/C19H17BrN2O3/c1-3-5-11-6-4-7-12(8-11)15-9-13-14(10-21-15)17(23)16(19(24)25-2)22-18(13)20/h4,6-10,23H,3,5H2,1-2H3. The molecule has 0 aliphatic rings. The average molecular weight is 401 g/mol. The molecule has 1 aromatic carbocycles. The van der Waals surface area contributed by atoms with Crippen LogP contribution >= 0.6 is 15.9 Å². The number of hydrogen-bond acceptors (Lipinski definition) is 5. The molecule has 0 fully saturated rings. The number of hydrogen-bond donors (Lipinski definition) is 1. The number of pyridine rings is 2. The first-order chi connectivity index (χ1) is 12.0. The summed E-state index contributed by atoms with van der Waals surface area (Å²) >= 11 is 3.37. The van der Waals surface area contributed by atoms with Gasteiger partial charge in [-0.1, -0.05) is 31.5 Å². The summed E-state index contributed by atoms with van der Waals surface area (Å²) in [5, 5.41) is 11.4. The monoisotopic (exact) mass is 400 g/mol. The maximum absolute atomic E-state index is 11.7. The van der Waals surface area contributed by atoms with Crippen LogP contribution < -0.4 is 0 Å². The summed E-state index contributed by atoms with van der Waals surface area (Å²) in [6, 6.07) is 10.1. The number of halogens is 1. The van der Waals surface area contributed by atoms with Gasteiger partial charge in [0, 0.05) is 22.5 Å². The van der Waals surface area contributed by atoms with Crippen molar-refractivity contribution in [2.24, 2.45) is 0 Å². The van der Waals surface area contributed by atoms with Crippen LogP contribution in [0.1, 0.15) is 29.4 Å². The van der Waals surface area contributed by atoms with Crippen LogP contribution in [0.4, 0.5) is 0 Å². The van der Waals surface area contributed by atoms with E-state index in [-0.39, 0.29) is 11.4 Å². The largest absolute Gasteiger partial charge is 0.505 e. The predicted molar refractivity (Wildman–Crippen MR) is 99.7 cm³/mol. The van der Waals surface area contributed by atoms with Gasteiger partial charge in [0.05, 0.1) is 12.8 Å². The molecule has 2 heterocycles. The van der Waals surface area contributed by atoms with Gasteiger partial charge in [0.1, 0.15) is 4.60 Å². The fourth-order valence-electron chi connectivity index (χ4n) is 2.73. The number of benzene rings is 1. The van der Waals surface area contributed by atoms with E-state index >= 15 is 0 Å². The smallest absolute Gasteiger partial charge is 0.360 e. The minimum absolute atomic E-state index is 0.138. The highest BCUT2D eigenvalue weighted by Crippen LogP contribution is 2.34. The zero-order valence-corrected chi connectivity index (χ0v) is 15.5. The van der Waals surface area contributed by atoms with Crippen molar-refractivity contribution in [2.75, 3.05) is 7.11 Å². The molecule has 25 heavy (non-hydrogen) atoms. The molecular formula is C19H17BrN2O3. The van der Waals surface area contributed by atoms with E-state index in [1.807, 2.05) is 18.2 Å². The Balaban J connectivity index is 2.13. The zero-order chi connectivity index (χ0) is 18.0. The minimum Gasteiger partial charge on any atom is -0.505 e. The van der Waals surface area contributed by atoms with Gasteiger partial charge >= 0.3 is 5.97 Å². The second-order valence-electron chi connectivity index (χ2n) is 5.66. The molecule has 0 aliphatic carbocycles. The molecule has 0 saturated heterocycles. The molecule has 0 amide bonds. The summed E-state index contributed by atoms with van der Waals surface area (Å²) in [6.07, 6.45) is 3.63. The van der Waals surface area contributed by atoms with Crippen molar-refractivity contribution in [3.63, 3.8) is 0 Å². The average Bonchev–Trinajstić information content (AvgIpc) is 2.64. The number of nitrogens with zero attached hydrogens (tertiary/aromatic N) is 2. The van der Waals surface area contributed by atoms with Gasteiger partial charge in [-0.3, -0.25) is 4.98 Å². The molecule has 0 spiro atoms. The van der Waals surface area contributed by atoms with Crippen molar-refractivity contribution in [1.82, 2.24) is 9.97 Å². The van der Waals surface area contributed by atoms with Crippen LogP contribution in [0.5, 0.6) is 5.75 Å². The quantitative estimate of drug-likeness (QED) is 0.515. The summed E-state index contributed by atoms with van der Waals surface area (Å²) in [5.74, 6) is -0.930. The summed E-state index contributed by atoms with van der Waals surface area (Å²) in [6.45, 7) is 2.14. The highest BCUT2D eigenvalue weighted by atomic mass is 79.9. The predicted octanol–water partition coefficient (Wildman–Crippen LogP) is 4.50. The van der Waals surface area contributed by atoms with Crippen LogP contribution in [0.25, 0.3) is 22.0 Å². The number of ether oxygens (including phenoxy) is 1.